The van der Waals surface area contributed by atoms with Gasteiger partial charge in [0.15, 0.2) is 6.10 Å². The molecule has 1 aromatic rings. The van der Waals surface area contributed by atoms with Gasteiger partial charge < -0.3 is 20.1 Å². The van der Waals surface area contributed by atoms with Crippen LogP contribution in [0.1, 0.15) is 21.8 Å². The van der Waals surface area contributed by atoms with E-state index in [0.717, 1.165) is 0 Å². The van der Waals surface area contributed by atoms with Gasteiger partial charge in [-0.05, 0) is 13.8 Å². The van der Waals surface area contributed by atoms with E-state index in [1.807, 2.05) is 0 Å². The Hall–Kier alpha value is -1.89. The molecule has 0 fully saturated rings. The van der Waals surface area contributed by atoms with Crippen LogP contribution in [-0.4, -0.2) is 39.9 Å². The Morgan fingerprint density at radius 3 is 2.56 bits per heavy atom. The molecule has 3 N–H and O–H groups in total. The van der Waals surface area contributed by atoms with Gasteiger partial charge in [0.25, 0.3) is 5.91 Å². The minimum Gasteiger partial charge on any atom is -0.479 e. The molecule has 1 atom stereocenters. The number of aryl methyl sites for hydroxylation is 2. The van der Waals surface area contributed by atoms with Crippen molar-refractivity contribution < 1.29 is 24.3 Å². The fourth-order valence-corrected chi connectivity index (χ4v) is 1.17. The number of carboxylic acids is 1. The first-order valence-electron chi connectivity index (χ1n) is 4.55. The fourth-order valence-electron chi connectivity index (χ4n) is 1.17. The summed E-state index contributed by atoms with van der Waals surface area (Å²) in [6, 6.07) is 0. The lowest BCUT2D eigenvalue weighted by Gasteiger charge is -2.07. The third-order valence-corrected chi connectivity index (χ3v) is 2.00. The first-order chi connectivity index (χ1) is 7.43. The normalized spacial score (nSPS) is 12.2. The number of aliphatic hydroxyl groups is 1. The molecule has 0 unspecified atom stereocenters. The number of hydrogen-bond acceptors (Lipinski definition) is 5. The molecule has 0 aliphatic rings. The highest BCUT2D eigenvalue weighted by Crippen LogP contribution is 2.11. The summed E-state index contributed by atoms with van der Waals surface area (Å²) in [7, 11) is 0. The number of carbonyl (C=O) groups excluding carboxylic acids is 1. The molecule has 0 spiro atoms. The van der Waals surface area contributed by atoms with Crippen molar-refractivity contribution in [3.8, 4) is 0 Å². The summed E-state index contributed by atoms with van der Waals surface area (Å²) in [6.45, 7) is 2.81. The Labute approximate surface area is 91.0 Å². The van der Waals surface area contributed by atoms with Crippen molar-refractivity contribution in [3.05, 3.63) is 17.0 Å². The van der Waals surface area contributed by atoms with E-state index in [1.54, 1.807) is 13.8 Å². The largest absolute Gasteiger partial charge is 0.479 e. The van der Waals surface area contributed by atoms with Gasteiger partial charge in [-0.1, -0.05) is 5.16 Å². The predicted molar refractivity (Wildman–Crippen MR) is 52.0 cm³/mol. The maximum Gasteiger partial charge on any atom is 0.334 e. The highest BCUT2D eigenvalue weighted by Gasteiger charge is 2.19. The van der Waals surface area contributed by atoms with E-state index < -0.39 is 18.0 Å². The van der Waals surface area contributed by atoms with Crippen LogP contribution in [0.15, 0.2) is 4.52 Å². The molecule has 1 rings (SSSR count). The molecule has 7 heteroatoms. The van der Waals surface area contributed by atoms with Crippen LogP contribution in [-0.2, 0) is 4.79 Å². The van der Waals surface area contributed by atoms with Gasteiger partial charge in [0.1, 0.15) is 11.3 Å². The van der Waals surface area contributed by atoms with E-state index in [0.29, 0.717) is 11.5 Å². The van der Waals surface area contributed by atoms with Crippen molar-refractivity contribution in [2.45, 2.75) is 20.0 Å². The van der Waals surface area contributed by atoms with Gasteiger partial charge in [-0.2, -0.15) is 0 Å². The number of carboxylic acid groups (broad SMARTS) is 1. The standard InChI is InChI=1S/C9H12N2O5/c1-4-7(5(2)16-11-4)8(13)10-3-6(12)9(14)15/h6,12H,3H2,1-2H3,(H,10,13)(H,14,15)/t6-/m0/s1. The van der Waals surface area contributed by atoms with Gasteiger partial charge in [0.2, 0.25) is 0 Å². The van der Waals surface area contributed by atoms with E-state index in [2.05, 4.69) is 10.5 Å². The molecule has 0 aromatic carbocycles. The summed E-state index contributed by atoms with van der Waals surface area (Å²) >= 11 is 0. The van der Waals surface area contributed by atoms with Gasteiger partial charge in [-0.3, -0.25) is 4.79 Å². The lowest BCUT2D eigenvalue weighted by Crippen LogP contribution is -2.36. The average Bonchev–Trinajstić information content (AvgIpc) is 2.54. The van der Waals surface area contributed by atoms with E-state index in [9.17, 15) is 9.59 Å². The third-order valence-electron chi connectivity index (χ3n) is 2.00. The number of aromatic nitrogens is 1. The zero-order valence-corrected chi connectivity index (χ0v) is 8.85. The van der Waals surface area contributed by atoms with Crippen molar-refractivity contribution >= 4 is 11.9 Å². The van der Waals surface area contributed by atoms with Crippen LogP contribution in [0.3, 0.4) is 0 Å². The molecule has 0 bridgehead atoms. The topological polar surface area (TPSA) is 113 Å². The Morgan fingerprint density at radius 2 is 2.12 bits per heavy atom. The van der Waals surface area contributed by atoms with Crippen LogP contribution in [0.2, 0.25) is 0 Å². The second-order valence-electron chi connectivity index (χ2n) is 3.26. The second-order valence-corrected chi connectivity index (χ2v) is 3.26. The van der Waals surface area contributed by atoms with Crippen LogP contribution in [0, 0.1) is 13.8 Å². The summed E-state index contributed by atoms with van der Waals surface area (Å²) in [4.78, 5) is 21.9. The van der Waals surface area contributed by atoms with Gasteiger partial charge in [-0.15, -0.1) is 0 Å². The smallest absolute Gasteiger partial charge is 0.334 e. The zero-order valence-electron chi connectivity index (χ0n) is 8.85. The van der Waals surface area contributed by atoms with Crippen molar-refractivity contribution in [2.24, 2.45) is 0 Å². The van der Waals surface area contributed by atoms with Crippen LogP contribution >= 0.6 is 0 Å². The van der Waals surface area contributed by atoms with Gasteiger partial charge in [0.05, 0.1) is 12.2 Å². The van der Waals surface area contributed by atoms with Gasteiger partial charge in [-0.25, -0.2) is 4.79 Å². The Kier molecular flexibility index (Phi) is 3.62. The number of nitrogens with zero attached hydrogens (tertiary/aromatic N) is 1. The molecule has 88 valence electrons. The molecule has 1 amide bonds. The molecule has 7 nitrogen and oxygen atoms in total. The van der Waals surface area contributed by atoms with Crippen LogP contribution in [0.25, 0.3) is 0 Å². The van der Waals surface area contributed by atoms with Crippen molar-refractivity contribution in [1.29, 1.82) is 0 Å². The molecule has 1 aromatic heterocycles. The summed E-state index contributed by atoms with van der Waals surface area (Å²) in [5, 5.41) is 23.2. The van der Waals surface area contributed by atoms with Crippen LogP contribution in [0.4, 0.5) is 0 Å². The van der Waals surface area contributed by atoms with E-state index in [4.69, 9.17) is 14.7 Å². The minimum atomic E-state index is -1.62. The molecular formula is C9H12N2O5. The Bertz CT molecular complexity index is 393. The van der Waals surface area contributed by atoms with Crippen molar-refractivity contribution in [3.63, 3.8) is 0 Å². The highest BCUT2D eigenvalue weighted by atomic mass is 16.5. The molecule has 0 aliphatic heterocycles. The third kappa shape index (κ3) is 2.57. The molecule has 0 radical (unpaired) electrons. The second kappa shape index (κ2) is 4.75. The van der Waals surface area contributed by atoms with E-state index in [1.165, 1.54) is 0 Å². The van der Waals surface area contributed by atoms with Gasteiger partial charge in [0, 0.05) is 0 Å². The predicted octanol–water partition coefficient (Wildman–Crippen LogP) is -0.533. The molecule has 0 saturated carbocycles. The number of hydrogen-bond donors (Lipinski definition) is 3. The summed E-state index contributed by atoms with van der Waals surface area (Å²) in [6.07, 6.45) is -1.62. The Morgan fingerprint density at radius 1 is 1.50 bits per heavy atom. The SMILES string of the molecule is Cc1noc(C)c1C(=O)NC[C@H](O)C(=O)O. The summed E-state index contributed by atoms with van der Waals surface area (Å²) in [5.74, 6) is -1.56. The first kappa shape index (κ1) is 12.2. The van der Waals surface area contributed by atoms with Crippen molar-refractivity contribution in [1.82, 2.24) is 10.5 Å². The maximum absolute atomic E-state index is 11.6. The Balaban J connectivity index is 2.63. The number of nitrogens with one attached hydrogen (secondary N) is 1. The first-order valence-corrected chi connectivity index (χ1v) is 4.55. The van der Waals surface area contributed by atoms with E-state index >= 15 is 0 Å². The maximum atomic E-state index is 11.6. The minimum absolute atomic E-state index is 0.262. The lowest BCUT2D eigenvalue weighted by molar-refractivity contribution is -0.146. The number of aliphatic carboxylic acids is 1. The number of amides is 1. The quantitative estimate of drug-likeness (QED) is 0.638. The number of rotatable bonds is 4. The average molecular weight is 228 g/mol. The monoisotopic (exact) mass is 228 g/mol. The number of aliphatic hydroxyl groups excluding tert-OH is 1. The highest BCUT2D eigenvalue weighted by molar-refractivity contribution is 5.96. The fraction of sp³-hybridized carbons (Fsp3) is 0.444. The molecule has 16 heavy (non-hydrogen) atoms. The van der Waals surface area contributed by atoms with Crippen molar-refractivity contribution in [2.75, 3.05) is 6.54 Å². The number of carbonyl (C=O) groups is 2. The lowest BCUT2D eigenvalue weighted by atomic mass is 10.2. The molecular weight excluding hydrogens is 216 g/mol. The molecule has 0 aliphatic carbocycles. The zero-order chi connectivity index (χ0) is 12.3. The molecule has 1 heterocycles. The summed E-state index contributed by atoms with van der Waals surface area (Å²) < 4.78 is 4.78. The van der Waals surface area contributed by atoms with Gasteiger partial charge >= 0.3 is 5.97 Å². The van der Waals surface area contributed by atoms with E-state index in [-0.39, 0.29) is 12.1 Å². The van der Waals surface area contributed by atoms with Crippen LogP contribution < -0.4 is 5.32 Å². The van der Waals surface area contributed by atoms with Crippen LogP contribution in [0.5, 0.6) is 0 Å². The summed E-state index contributed by atoms with van der Waals surface area (Å²) in [5.41, 5.74) is 0.678. The molecule has 0 saturated heterocycles.